The summed E-state index contributed by atoms with van der Waals surface area (Å²) in [6, 6.07) is 7.15. The Balaban J connectivity index is 2.17. The van der Waals surface area contributed by atoms with Crippen molar-refractivity contribution in [2.75, 3.05) is 7.11 Å². The molecule has 0 radical (unpaired) electrons. The van der Waals surface area contributed by atoms with Gasteiger partial charge >= 0.3 is 11.7 Å². The standard InChI is InChI=1S/C24H24N4O5/c1-7-9-18(33-22(30)24(2,3)4)28-20-19(21(29)26-23(28)31)27(5)17(25-20)13-12-15-10-8-11-16(14-15)32-6/h1,8,10-11,14,18H,9H2,2-6H3,(H,26,29,31). The topological polar surface area (TPSA) is 108 Å². The van der Waals surface area contributed by atoms with Crippen LogP contribution in [0, 0.1) is 29.6 Å². The number of hydrogen-bond donors (Lipinski definition) is 1. The van der Waals surface area contributed by atoms with E-state index in [0.717, 1.165) is 4.57 Å². The molecule has 1 unspecified atom stereocenters. The molecule has 9 heteroatoms. The van der Waals surface area contributed by atoms with Gasteiger partial charge in [0.25, 0.3) is 5.56 Å². The third-order valence-electron chi connectivity index (χ3n) is 4.78. The summed E-state index contributed by atoms with van der Waals surface area (Å²) in [6.07, 6.45) is 4.22. The second kappa shape index (κ2) is 9.09. The van der Waals surface area contributed by atoms with Gasteiger partial charge in [0.05, 0.1) is 18.9 Å². The number of rotatable bonds is 4. The Morgan fingerprint density at radius 3 is 2.64 bits per heavy atom. The molecule has 1 N–H and O–H groups in total. The van der Waals surface area contributed by atoms with Gasteiger partial charge < -0.3 is 14.0 Å². The van der Waals surface area contributed by atoms with Gasteiger partial charge in [-0.25, -0.2) is 14.3 Å². The number of terminal acetylenes is 1. The van der Waals surface area contributed by atoms with Crippen LogP contribution in [-0.4, -0.2) is 32.2 Å². The van der Waals surface area contributed by atoms with Gasteiger partial charge in [0.15, 0.2) is 23.2 Å². The highest BCUT2D eigenvalue weighted by atomic mass is 16.6. The molecule has 3 rings (SSSR count). The lowest BCUT2D eigenvalue weighted by Crippen LogP contribution is -2.36. The van der Waals surface area contributed by atoms with Crippen LogP contribution in [0.2, 0.25) is 0 Å². The molecule has 2 heterocycles. The van der Waals surface area contributed by atoms with E-state index in [2.05, 4.69) is 27.7 Å². The van der Waals surface area contributed by atoms with Crippen LogP contribution < -0.4 is 16.0 Å². The molecular weight excluding hydrogens is 424 g/mol. The second-order valence-electron chi connectivity index (χ2n) is 8.30. The van der Waals surface area contributed by atoms with E-state index in [1.807, 2.05) is 0 Å². The first-order valence-corrected chi connectivity index (χ1v) is 10.1. The molecule has 2 aromatic heterocycles. The van der Waals surface area contributed by atoms with Crippen molar-refractivity contribution in [3.8, 4) is 29.9 Å². The molecule has 170 valence electrons. The number of ether oxygens (including phenoxy) is 2. The van der Waals surface area contributed by atoms with E-state index >= 15 is 0 Å². The van der Waals surface area contributed by atoms with Crippen LogP contribution in [0.1, 0.15) is 44.8 Å². The molecule has 0 aliphatic rings. The lowest BCUT2D eigenvalue weighted by atomic mass is 9.97. The van der Waals surface area contributed by atoms with Gasteiger partial charge in [0.2, 0.25) is 0 Å². The van der Waals surface area contributed by atoms with Crippen molar-refractivity contribution in [2.24, 2.45) is 12.5 Å². The maximum Gasteiger partial charge on any atom is 0.333 e. The van der Waals surface area contributed by atoms with Gasteiger partial charge in [-0.3, -0.25) is 14.6 Å². The largest absolute Gasteiger partial charge is 0.497 e. The molecule has 9 nitrogen and oxygen atoms in total. The molecule has 0 saturated carbocycles. The third kappa shape index (κ3) is 4.83. The molecular formula is C24H24N4O5. The van der Waals surface area contributed by atoms with Crippen molar-refractivity contribution < 1.29 is 14.3 Å². The monoisotopic (exact) mass is 448 g/mol. The fourth-order valence-corrected chi connectivity index (χ4v) is 3.01. The number of carbonyl (C=O) groups excluding carboxylic acids is 1. The number of fused-ring (bicyclic) bond motifs is 1. The van der Waals surface area contributed by atoms with Crippen molar-refractivity contribution in [3.05, 3.63) is 56.5 Å². The molecule has 33 heavy (non-hydrogen) atoms. The molecule has 3 aromatic rings. The fraction of sp³-hybridized carbons (Fsp3) is 0.333. The third-order valence-corrected chi connectivity index (χ3v) is 4.78. The average Bonchev–Trinajstić information content (AvgIpc) is 3.08. The maximum atomic E-state index is 12.7. The number of methoxy groups -OCH3 is 1. The van der Waals surface area contributed by atoms with E-state index in [1.165, 1.54) is 4.57 Å². The Hall–Kier alpha value is -4.24. The zero-order valence-corrected chi connectivity index (χ0v) is 19.1. The molecule has 1 atom stereocenters. The minimum atomic E-state index is -1.15. The predicted octanol–water partition coefficient (Wildman–Crippen LogP) is 1.94. The fourth-order valence-electron chi connectivity index (χ4n) is 3.01. The zero-order chi connectivity index (χ0) is 24.3. The van der Waals surface area contributed by atoms with Gasteiger partial charge in [-0.1, -0.05) is 12.0 Å². The number of carbonyl (C=O) groups is 1. The quantitative estimate of drug-likeness (QED) is 0.483. The molecule has 0 saturated heterocycles. The van der Waals surface area contributed by atoms with Crippen LogP contribution in [0.25, 0.3) is 11.2 Å². The number of hydrogen-bond acceptors (Lipinski definition) is 6. The van der Waals surface area contributed by atoms with Crippen molar-refractivity contribution in [1.82, 2.24) is 19.1 Å². The lowest BCUT2D eigenvalue weighted by Gasteiger charge is -2.23. The first-order chi connectivity index (χ1) is 15.6. The smallest absolute Gasteiger partial charge is 0.333 e. The van der Waals surface area contributed by atoms with Crippen molar-refractivity contribution in [3.63, 3.8) is 0 Å². The number of esters is 1. The van der Waals surface area contributed by atoms with Crippen LogP contribution in [0.5, 0.6) is 5.75 Å². The predicted molar refractivity (Wildman–Crippen MR) is 123 cm³/mol. The maximum absolute atomic E-state index is 12.7. The van der Waals surface area contributed by atoms with E-state index in [9.17, 15) is 14.4 Å². The Kier molecular flexibility index (Phi) is 6.45. The second-order valence-corrected chi connectivity index (χ2v) is 8.30. The number of aromatic nitrogens is 4. The number of aryl methyl sites for hydroxylation is 1. The number of imidazole rings is 1. The Labute approximate surface area is 190 Å². The number of aromatic amines is 1. The molecule has 0 fully saturated rings. The first kappa shape index (κ1) is 23.4. The summed E-state index contributed by atoms with van der Waals surface area (Å²) in [5.74, 6) is 8.61. The van der Waals surface area contributed by atoms with Gasteiger partial charge in [-0.2, -0.15) is 0 Å². The number of benzene rings is 1. The Morgan fingerprint density at radius 2 is 2.00 bits per heavy atom. The van der Waals surface area contributed by atoms with E-state index in [-0.39, 0.29) is 23.4 Å². The number of nitrogens with zero attached hydrogens (tertiary/aromatic N) is 3. The van der Waals surface area contributed by atoms with Crippen molar-refractivity contribution >= 4 is 17.1 Å². The van der Waals surface area contributed by atoms with Crippen LogP contribution in [0.15, 0.2) is 33.9 Å². The lowest BCUT2D eigenvalue weighted by molar-refractivity contribution is -0.163. The Bertz CT molecular complexity index is 1430. The van der Waals surface area contributed by atoms with Crippen LogP contribution in [0.4, 0.5) is 0 Å². The summed E-state index contributed by atoms with van der Waals surface area (Å²) in [5.41, 5.74) is -1.47. The molecule has 0 spiro atoms. The summed E-state index contributed by atoms with van der Waals surface area (Å²) >= 11 is 0. The highest BCUT2D eigenvalue weighted by Crippen LogP contribution is 2.23. The summed E-state index contributed by atoms with van der Waals surface area (Å²) < 4.78 is 13.3. The van der Waals surface area contributed by atoms with Crippen molar-refractivity contribution in [2.45, 2.75) is 33.4 Å². The normalized spacial score (nSPS) is 11.9. The summed E-state index contributed by atoms with van der Waals surface area (Å²) in [6.45, 7) is 5.04. The average molecular weight is 448 g/mol. The molecule has 0 bridgehead atoms. The van der Waals surface area contributed by atoms with Crippen molar-refractivity contribution in [1.29, 1.82) is 0 Å². The number of nitrogens with one attached hydrogen (secondary N) is 1. The van der Waals surface area contributed by atoms with Gasteiger partial charge in [-0.15, -0.1) is 12.3 Å². The number of H-pyrrole nitrogens is 1. The first-order valence-electron chi connectivity index (χ1n) is 10.1. The summed E-state index contributed by atoms with van der Waals surface area (Å²) in [7, 11) is 3.16. The SMILES string of the molecule is C#CCC(OC(=O)C(C)(C)C)n1c(=O)[nH]c(=O)c2c1nc(C#Cc1cccc(OC)c1)n2C. The van der Waals surface area contributed by atoms with E-state index in [4.69, 9.17) is 15.9 Å². The molecule has 1 aromatic carbocycles. The Morgan fingerprint density at radius 1 is 1.27 bits per heavy atom. The molecule has 0 aliphatic heterocycles. The van der Waals surface area contributed by atoms with Gasteiger partial charge in [0, 0.05) is 12.6 Å². The zero-order valence-electron chi connectivity index (χ0n) is 19.1. The summed E-state index contributed by atoms with van der Waals surface area (Å²) in [4.78, 5) is 44.4. The van der Waals surface area contributed by atoms with E-state index in [1.54, 1.807) is 59.2 Å². The van der Waals surface area contributed by atoms with Gasteiger partial charge in [-0.05, 0) is 44.9 Å². The summed E-state index contributed by atoms with van der Waals surface area (Å²) in [5, 5.41) is 0. The van der Waals surface area contributed by atoms with Crippen LogP contribution >= 0.6 is 0 Å². The van der Waals surface area contributed by atoms with Crippen LogP contribution in [0.3, 0.4) is 0 Å². The highest BCUT2D eigenvalue weighted by molar-refractivity contribution is 5.76. The minimum Gasteiger partial charge on any atom is -0.497 e. The van der Waals surface area contributed by atoms with Crippen LogP contribution in [-0.2, 0) is 16.6 Å². The minimum absolute atomic E-state index is 0.0168. The van der Waals surface area contributed by atoms with E-state index in [0.29, 0.717) is 11.3 Å². The van der Waals surface area contributed by atoms with Gasteiger partial charge in [0.1, 0.15) is 5.75 Å². The highest BCUT2D eigenvalue weighted by Gasteiger charge is 2.29. The molecule has 0 amide bonds. The van der Waals surface area contributed by atoms with E-state index < -0.39 is 28.9 Å². The molecule has 0 aliphatic carbocycles.